The highest BCUT2D eigenvalue weighted by atomic mass is 16.5. The first-order chi connectivity index (χ1) is 12.3. The molecule has 2 N–H and O–H groups in total. The summed E-state index contributed by atoms with van der Waals surface area (Å²) in [7, 11) is 1.62. The Hall–Kier alpha value is -2.34. The van der Waals surface area contributed by atoms with Gasteiger partial charge in [0.1, 0.15) is 11.4 Å². The van der Waals surface area contributed by atoms with Gasteiger partial charge in [-0.05, 0) is 51.3 Å². The maximum absolute atomic E-state index is 13.0. The van der Waals surface area contributed by atoms with Crippen LogP contribution in [0, 0.1) is 13.8 Å². The zero-order valence-corrected chi connectivity index (χ0v) is 15.9. The second-order valence-electron chi connectivity index (χ2n) is 7.21. The van der Waals surface area contributed by atoms with E-state index in [0.29, 0.717) is 13.0 Å². The van der Waals surface area contributed by atoms with E-state index < -0.39 is 5.60 Å². The number of amides is 1. The topological polar surface area (TPSA) is 78.5 Å². The highest BCUT2D eigenvalue weighted by Gasteiger charge is 2.42. The Balaban J connectivity index is 1.81. The van der Waals surface area contributed by atoms with E-state index in [1.165, 1.54) is 0 Å². The number of methoxy groups -OCH3 is 1. The molecule has 0 aliphatic carbocycles. The van der Waals surface area contributed by atoms with Crippen molar-refractivity contribution in [2.45, 2.75) is 51.7 Å². The number of ether oxygens (including phenoxy) is 1. The van der Waals surface area contributed by atoms with Gasteiger partial charge in [0.05, 0.1) is 25.3 Å². The van der Waals surface area contributed by atoms with E-state index >= 15 is 0 Å². The number of rotatable bonds is 5. The summed E-state index contributed by atoms with van der Waals surface area (Å²) in [6.07, 6.45) is 1.99. The quantitative estimate of drug-likeness (QED) is 0.862. The lowest BCUT2D eigenvalue weighted by molar-refractivity contribution is -0.137. The molecule has 6 heteroatoms. The van der Waals surface area contributed by atoms with E-state index in [2.05, 4.69) is 10.2 Å². The van der Waals surface area contributed by atoms with Gasteiger partial charge in [-0.3, -0.25) is 9.89 Å². The molecule has 0 spiro atoms. The lowest BCUT2D eigenvalue weighted by Crippen LogP contribution is -2.48. The largest absolute Gasteiger partial charge is 0.497 e. The number of H-pyrrole nitrogens is 1. The lowest BCUT2D eigenvalue weighted by atomic mass is 9.86. The summed E-state index contributed by atoms with van der Waals surface area (Å²) in [6.45, 7) is 6.30. The molecule has 0 radical (unpaired) electrons. The van der Waals surface area contributed by atoms with Gasteiger partial charge in [-0.1, -0.05) is 12.1 Å². The number of nitrogens with one attached hydrogen (secondary N) is 1. The van der Waals surface area contributed by atoms with Crippen LogP contribution in [0.15, 0.2) is 24.3 Å². The van der Waals surface area contributed by atoms with Crippen LogP contribution in [0.3, 0.4) is 0 Å². The Morgan fingerprint density at radius 1 is 1.38 bits per heavy atom. The third-order valence-electron chi connectivity index (χ3n) is 5.51. The molecule has 1 aliphatic rings. The van der Waals surface area contributed by atoms with Crippen LogP contribution in [0.4, 0.5) is 0 Å². The van der Waals surface area contributed by atoms with Gasteiger partial charge >= 0.3 is 0 Å². The maximum atomic E-state index is 13.0. The number of nitrogens with zero attached hydrogens (tertiary/aromatic N) is 2. The average molecular weight is 357 g/mol. The van der Waals surface area contributed by atoms with Crippen LogP contribution in [0.2, 0.25) is 0 Å². The molecule has 2 aromatic rings. The Labute approximate surface area is 154 Å². The molecule has 0 saturated carbocycles. The zero-order valence-electron chi connectivity index (χ0n) is 15.9. The molecule has 0 bridgehead atoms. The second-order valence-corrected chi connectivity index (χ2v) is 7.21. The molecule has 3 rings (SSSR count). The monoisotopic (exact) mass is 357 g/mol. The van der Waals surface area contributed by atoms with E-state index in [9.17, 15) is 9.90 Å². The highest BCUT2D eigenvalue weighted by molar-refractivity contribution is 5.80. The van der Waals surface area contributed by atoms with Gasteiger partial charge in [0.15, 0.2) is 0 Å². The molecule has 140 valence electrons. The van der Waals surface area contributed by atoms with Crippen LogP contribution < -0.4 is 4.74 Å². The van der Waals surface area contributed by atoms with Crippen molar-refractivity contribution in [3.63, 3.8) is 0 Å². The van der Waals surface area contributed by atoms with Gasteiger partial charge < -0.3 is 14.7 Å². The fourth-order valence-corrected chi connectivity index (χ4v) is 3.86. The first-order valence-electron chi connectivity index (χ1n) is 9.01. The highest BCUT2D eigenvalue weighted by Crippen LogP contribution is 2.35. The first-order valence-corrected chi connectivity index (χ1v) is 9.01. The molecule has 6 nitrogen and oxygen atoms in total. The lowest BCUT2D eigenvalue weighted by Gasteiger charge is -2.37. The van der Waals surface area contributed by atoms with Crippen molar-refractivity contribution in [2.24, 2.45) is 0 Å². The molecule has 2 heterocycles. The standard InChI is InChI=1S/C20H27N3O3/c1-13-17(14(2)22-21-13)12-19(24)23-11-5-6-18(23)20(3,25)15-7-9-16(26-4)10-8-15/h7-10,18,25H,5-6,11-12H2,1-4H3,(H,21,22)/t18-,20-/m0/s1. The number of likely N-dealkylation sites (tertiary alicyclic amines) is 1. The van der Waals surface area contributed by atoms with E-state index in [0.717, 1.165) is 41.1 Å². The molecule has 1 fully saturated rings. The minimum absolute atomic E-state index is 0.0360. The number of hydrogen-bond donors (Lipinski definition) is 2. The molecule has 1 aromatic carbocycles. The molecule has 1 saturated heterocycles. The average Bonchev–Trinajstić information content (AvgIpc) is 3.24. The van der Waals surface area contributed by atoms with Crippen LogP contribution in [-0.2, 0) is 16.8 Å². The summed E-state index contributed by atoms with van der Waals surface area (Å²) in [6, 6.07) is 7.16. The Bertz CT molecular complexity index is 761. The number of benzene rings is 1. The van der Waals surface area contributed by atoms with E-state index in [1.54, 1.807) is 14.0 Å². The normalized spacial score (nSPS) is 19.4. The maximum Gasteiger partial charge on any atom is 0.227 e. The zero-order chi connectivity index (χ0) is 18.9. The number of hydrogen-bond acceptors (Lipinski definition) is 4. The molecule has 1 aromatic heterocycles. The summed E-state index contributed by atoms with van der Waals surface area (Å²) >= 11 is 0. The van der Waals surface area contributed by atoms with Gasteiger partial charge in [0.2, 0.25) is 5.91 Å². The van der Waals surface area contributed by atoms with Crippen molar-refractivity contribution in [1.82, 2.24) is 15.1 Å². The van der Waals surface area contributed by atoms with Crippen LogP contribution in [0.5, 0.6) is 5.75 Å². The van der Waals surface area contributed by atoms with Crippen LogP contribution >= 0.6 is 0 Å². The van der Waals surface area contributed by atoms with E-state index in [1.807, 2.05) is 43.0 Å². The second kappa shape index (κ2) is 7.11. The van der Waals surface area contributed by atoms with Crippen molar-refractivity contribution in [3.8, 4) is 5.75 Å². The van der Waals surface area contributed by atoms with Gasteiger partial charge in [-0.15, -0.1) is 0 Å². The summed E-state index contributed by atoms with van der Waals surface area (Å²) in [5, 5.41) is 18.4. The van der Waals surface area contributed by atoms with Crippen LogP contribution in [0.25, 0.3) is 0 Å². The van der Waals surface area contributed by atoms with Gasteiger partial charge in [-0.25, -0.2) is 0 Å². The number of carbonyl (C=O) groups excluding carboxylic acids is 1. The predicted molar refractivity (Wildman–Crippen MR) is 99.1 cm³/mol. The SMILES string of the molecule is COc1ccc([C@](C)(O)[C@@H]2CCCN2C(=O)Cc2c(C)n[nH]c2C)cc1. The number of aromatic nitrogens is 2. The van der Waals surface area contributed by atoms with Crippen molar-refractivity contribution in [1.29, 1.82) is 0 Å². The summed E-state index contributed by atoms with van der Waals surface area (Å²) in [4.78, 5) is 14.8. The minimum atomic E-state index is -1.11. The van der Waals surface area contributed by atoms with Crippen molar-refractivity contribution >= 4 is 5.91 Å². The first kappa shape index (κ1) is 18.5. The fraction of sp³-hybridized carbons (Fsp3) is 0.500. The Morgan fingerprint density at radius 2 is 2.08 bits per heavy atom. The smallest absolute Gasteiger partial charge is 0.227 e. The van der Waals surface area contributed by atoms with Gasteiger partial charge in [0.25, 0.3) is 0 Å². The van der Waals surface area contributed by atoms with E-state index in [4.69, 9.17) is 4.74 Å². The predicted octanol–water partition coefficient (Wildman–Crippen LogP) is 2.48. The molecule has 2 atom stereocenters. The van der Waals surface area contributed by atoms with Gasteiger partial charge in [-0.2, -0.15) is 5.10 Å². The van der Waals surface area contributed by atoms with Crippen molar-refractivity contribution in [2.75, 3.05) is 13.7 Å². The molecular formula is C20H27N3O3. The molecule has 1 amide bonds. The van der Waals surface area contributed by atoms with E-state index in [-0.39, 0.29) is 11.9 Å². The fourth-order valence-electron chi connectivity index (χ4n) is 3.86. The molecule has 0 unspecified atom stereocenters. The third kappa shape index (κ3) is 3.33. The minimum Gasteiger partial charge on any atom is -0.497 e. The summed E-state index contributed by atoms with van der Waals surface area (Å²) in [5.74, 6) is 0.781. The van der Waals surface area contributed by atoms with Crippen molar-refractivity contribution < 1.29 is 14.6 Å². The molecular weight excluding hydrogens is 330 g/mol. The Morgan fingerprint density at radius 3 is 2.65 bits per heavy atom. The summed E-state index contributed by atoms with van der Waals surface area (Å²) < 4.78 is 5.19. The van der Waals surface area contributed by atoms with Gasteiger partial charge in [0, 0.05) is 17.8 Å². The third-order valence-corrected chi connectivity index (χ3v) is 5.51. The number of carbonyl (C=O) groups is 1. The molecule has 26 heavy (non-hydrogen) atoms. The summed E-state index contributed by atoms with van der Waals surface area (Å²) in [5.41, 5.74) is 2.41. The molecule has 1 aliphatic heterocycles. The van der Waals surface area contributed by atoms with Crippen LogP contribution in [-0.4, -0.2) is 45.8 Å². The Kier molecular flexibility index (Phi) is 5.05. The number of aryl methyl sites for hydroxylation is 2. The van der Waals surface area contributed by atoms with Crippen LogP contribution in [0.1, 0.15) is 42.3 Å². The number of aliphatic hydroxyl groups is 1. The van der Waals surface area contributed by atoms with Crippen molar-refractivity contribution in [3.05, 3.63) is 46.8 Å². The number of aromatic amines is 1.